The van der Waals surface area contributed by atoms with Crippen LogP contribution < -0.4 is 10.6 Å². The van der Waals surface area contributed by atoms with Crippen LogP contribution >= 0.6 is 24.0 Å². The first-order valence-electron chi connectivity index (χ1n) is 9.55. The van der Waals surface area contributed by atoms with Gasteiger partial charge in [-0.3, -0.25) is 4.79 Å². The first-order chi connectivity index (χ1) is 13.5. The molecular weight excluding hydrogens is 479 g/mol. The summed E-state index contributed by atoms with van der Waals surface area (Å²) in [6.07, 6.45) is 0.784. The zero-order chi connectivity index (χ0) is 20.4. The molecule has 3 N–H and O–H groups in total. The van der Waals surface area contributed by atoms with E-state index in [-0.39, 0.29) is 36.5 Å². The minimum absolute atomic E-state index is 0. The predicted molar refractivity (Wildman–Crippen MR) is 129 cm³/mol. The highest BCUT2D eigenvalue weighted by Gasteiger charge is 2.08. The van der Waals surface area contributed by atoms with E-state index in [1.165, 1.54) is 0 Å². The van der Waals surface area contributed by atoms with Crippen molar-refractivity contribution in [1.82, 2.24) is 15.5 Å². The quantitative estimate of drug-likeness (QED) is 0.290. The third-order valence-electron chi connectivity index (χ3n) is 4.33. The van der Waals surface area contributed by atoms with Crippen LogP contribution in [0.3, 0.4) is 0 Å². The van der Waals surface area contributed by atoms with Gasteiger partial charge < -0.3 is 20.6 Å². The topological polar surface area (TPSA) is 77.0 Å². The molecule has 29 heavy (non-hydrogen) atoms. The second kappa shape index (κ2) is 13.2. The standard InChI is InChI=1S/C22H30N4O2.HI/c1-4-23-22(25-15-19-9-5-6-10-20(19)16-27)24-13-12-17-8-7-11-18(14-17)21(28)26(2)3;/h5-11,14,27H,4,12-13,15-16H2,1-3H3,(H2,23,24,25);1H. The van der Waals surface area contributed by atoms with E-state index >= 15 is 0 Å². The lowest BCUT2D eigenvalue weighted by Gasteiger charge is -2.13. The molecule has 0 aliphatic rings. The summed E-state index contributed by atoms with van der Waals surface area (Å²) in [6, 6.07) is 15.5. The number of hydrogen-bond acceptors (Lipinski definition) is 3. The van der Waals surface area contributed by atoms with Gasteiger partial charge in [0.25, 0.3) is 5.91 Å². The fourth-order valence-electron chi connectivity index (χ4n) is 2.82. The van der Waals surface area contributed by atoms with E-state index in [1.807, 2.05) is 55.5 Å². The fraction of sp³-hybridized carbons (Fsp3) is 0.364. The van der Waals surface area contributed by atoms with E-state index < -0.39 is 0 Å². The largest absolute Gasteiger partial charge is 0.392 e. The molecule has 1 amide bonds. The number of rotatable bonds is 8. The number of aliphatic hydroxyl groups is 1. The third kappa shape index (κ3) is 8.02. The Morgan fingerprint density at radius 3 is 2.45 bits per heavy atom. The van der Waals surface area contributed by atoms with Crippen molar-refractivity contribution in [3.05, 3.63) is 70.8 Å². The van der Waals surface area contributed by atoms with E-state index in [0.29, 0.717) is 18.7 Å². The van der Waals surface area contributed by atoms with Crippen molar-refractivity contribution in [3.63, 3.8) is 0 Å². The van der Waals surface area contributed by atoms with Gasteiger partial charge in [0.05, 0.1) is 13.2 Å². The maximum Gasteiger partial charge on any atom is 0.253 e. The molecule has 6 nitrogen and oxygen atoms in total. The highest BCUT2D eigenvalue weighted by molar-refractivity contribution is 14.0. The normalized spacial score (nSPS) is 10.8. The molecule has 158 valence electrons. The van der Waals surface area contributed by atoms with Crippen LogP contribution in [0.2, 0.25) is 0 Å². The van der Waals surface area contributed by atoms with Crippen molar-refractivity contribution in [2.45, 2.75) is 26.5 Å². The summed E-state index contributed by atoms with van der Waals surface area (Å²) in [5, 5.41) is 16.0. The van der Waals surface area contributed by atoms with E-state index in [9.17, 15) is 9.90 Å². The average molecular weight is 510 g/mol. The van der Waals surface area contributed by atoms with Crippen LogP contribution in [0.1, 0.15) is 34.0 Å². The lowest BCUT2D eigenvalue weighted by atomic mass is 10.1. The molecule has 0 radical (unpaired) electrons. The lowest BCUT2D eigenvalue weighted by Crippen LogP contribution is -2.38. The Bertz CT molecular complexity index is 809. The van der Waals surface area contributed by atoms with Crippen LogP contribution in [0.5, 0.6) is 0 Å². The fourth-order valence-corrected chi connectivity index (χ4v) is 2.82. The monoisotopic (exact) mass is 510 g/mol. The molecule has 7 heteroatoms. The molecule has 0 atom stereocenters. The molecule has 2 aromatic carbocycles. The van der Waals surface area contributed by atoms with Crippen molar-refractivity contribution >= 4 is 35.8 Å². The third-order valence-corrected chi connectivity index (χ3v) is 4.33. The van der Waals surface area contributed by atoms with Crippen molar-refractivity contribution in [2.24, 2.45) is 4.99 Å². The smallest absolute Gasteiger partial charge is 0.253 e. The molecule has 0 unspecified atom stereocenters. The maximum absolute atomic E-state index is 12.1. The zero-order valence-corrected chi connectivity index (χ0v) is 19.6. The first kappa shape index (κ1) is 24.9. The number of nitrogens with zero attached hydrogens (tertiary/aromatic N) is 2. The summed E-state index contributed by atoms with van der Waals surface area (Å²) in [5.74, 6) is 0.739. The number of nitrogens with one attached hydrogen (secondary N) is 2. The molecule has 0 bridgehead atoms. The second-order valence-corrected chi connectivity index (χ2v) is 6.70. The number of amides is 1. The van der Waals surface area contributed by atoms with Gasteiger partial charge in [-0.25, -0.2) is 4.99 Å². The van der Waals surface area contributed by atoms with Gasteiger partial charge in [0.2, 0.25) is 0 Å². The molecule has 0 heterocycles. The molecule has 0 fully saturated rings. The van der Waals surface area contributed by atoms with E-state index in [1.54, 1.807) is 19.0 Å². The molecule has 0 saturated heterocycles. The average Bonchev–Trinajstić information content (AvgIpc) is 2.71. The molecule has 0 aromatic heterocycles. The van der Waals surface area contributed by atoms with E-state index in [0.717, 1.165) is 35.6 Å². The molecule has 0 aliphatic carbocycles. The summed E-state index contributed by atoms with van der Waals surface area (Å²) >= 11 is 0. The van der Waals surface area contributed by atoms with Gasteiger partial charge >= 0.3 is 0 Å². The van der Waals surface area contributed by atoms with Gasteiger partial charge in [0.15, 0.2) is 5.96 Å². The Kier molecular flexibility index (Phi) is 11.3. The lowest BCUT2D eigenvalue weighted by molar-refractivity contribution is 0.0827. The Balaban J connectivity index is 0.00000420. The highest BCUT2D eigenvalue weighted by Crippen LogP contribution is 2.10. The van der Waals surface area contributed by atoms with Crippen LogP contribution in [0.4, 0.5) is 0 Å². The van der Waals surface area contributed by atoms with Crippen LogP contribution in [-0.4, -0.2) is 49.1 Å². The Morgan fingerprint density at radius 2 is 1.79 bits per heavy atom. The van der Waals surface area contributed by atoms with Gasteiger partial charge in [-0.2, -0.15) is 0 Å². The SMILES string of the molecule is CCNC(=NCc1ccccc1CO)NCCc1cccc(C(=O)N(C)C)c1.I. The molecule has 0 spiro atoms. The number of aliphatic hydroxyl groups excluding tert-OH is 1. The van der Waals surface area contributed by atoms with Crippen molar-refractivity contribution < 1.29 is 9.90 Å². The summed E-state index contributed by atoms with van der Waals surface area (Å²) < 4.78 is 0. The Morgan fingerprint density at radius 1 is 1.07 bits per heavy atom. The minimum atomic E-state index is 0. The Labute approximate surface area is 190 Å². The van der Waals surface area contributed by atoms with Gasteiger partial charge in [-0.05, 0) is 42.2 Å². The van der Waals surface area contributed by atoms with Gasteiger partial charge in [0, 0.05) is 32.7 Å². The number of hydrogen-bond donors (Lipinski definition) is 3. The summed E-state index contributed by atoms with van der Waals surface area (Å²) in [6.45, 7) is 4.00. The summed E-state index contributed by atoms with van der Waals surface area (Å²) in [7, 11) is 3.51. The minimum Gasteiger partial charge on any atom is -0.392 e. The molecule has 2 rings (SSSR count). The predicted octanol–water partition coefficient (Wildman–Crippen LogP) is 2.80. The van der Waals surface area contributed by atoms with Crippen molar-refractivity contribution in [1.29, 1.82) is 0 Å². The molecular formula is C22H31IN4O2. The van der Waals surface area contributed by atoms with E-state index in [4.69, 9.17) is 0 Å². The summed E-state index contributed by atoms with van der Waals surface area (Å²) in [4.78, 5) is 18.3. The number of guanidine groups is 1. The number of benzene rings is 2. The maximum atomic E-state index is 12.1. The Hall–Kier alpha value is -2.13. The number of halogens is 1. The zero-order valence-electron chi connectivity index (χ0n) is 17.3. The molecule has 0 aliphatic heterocycles. The van der Waals surface area contributed by atoms with Crippen LogP contribution in [-0.2, 0) is 19.6 Å². The van der Waals surface area contributed by atoms with Crippen LogP contribution in [0, 0.1) is 0 Å². The van der Waals surface area contributed by atoms with Gasteiger partial charge in [-0.15, -0.1) is 24.0 Å². The number of carbonyl (C=O) groups is 1. The summed E-state index contributed by atoms with van der Waals surface area (Å²) in [5.41, 5.74) is 3.70. The number of carbonyl (C=O) groups excluding carboxylic acids is 1. The second-order valence-electron chi connectivity index (χ2n) is 6.70. The van der Waals surface area contributed by atoms with Crippen molar-refractivity contribution in [3.8, 4) is 0 Å². The first-order valence-corrected chi connectivity index (χ1v) is 9.55. The molecule has 2 aromatic rings. The van der Waals surface area contributed by atoms with Gasteiger partial charge in [0.1, 0.15) is 0 Å². The van der Waals surface area contributed by atoms with E-state index in [2.05, 4.69) is 15.6 Å². The molecule has 0 saturated carbocycles. The number of aliphatic imine (C=N–C) groups is 1. The van der Waals surface area contributed by atoms with Crippen molar-refractivity contribution in [2.75, 3.05) is 27.2 Å². The van der Waals surface area contributed by atoms with Gasteiger partial charge in [-0.1, -0.05) is 36.4 Å². The van der Waals surface area contributed by atoms with Crippen LogP contribution in [0.15, 0.2) is 53.5 Å². The van der Waals surface area contributed by atoms with Crippen LogP contribution in [0.25, 0.3) is 0 Å². The highest BCUT2D eigenvalue weighted by atomic mass is 127.